The van der Waals surface area contributed by atoms with Crippen molar-refractivity contribution in [2.75, 3.05) is 64.0 Å². The fourth-order valence-corrected chi connectivity index (χ4v) is 5.60. The van der Waals surface area contributed by atoms with Crippen LogP contribution in [0.5, 0.6) is 17.2 Å². The third-order valence-electron chi connectivity index (χ3n) is 8.13. The zero-order chi connectivity index (χ0) is 28.6. The fraction of sp³-hybridized carbons (Fsp3) is 0.562. The van der Waals surface area contributed by atoms with Gasteiger partial charge in [-0.2, -0.15) is 0 Å². The molecule has 2 aromatic carbocycles. The zero-order valence-electron chi connectivity index (χ0n) is 24.5. The number of anilines is 1. The molecule has 0 spiro atoms. The Bertz CT molecular complexity index is 1190. The lowest BCUT2D eigenvalue weighted by Gasteiger charge is -2.36. The molecule has 3 heterocycles. The molecule has 0 saturated carbocycles. The molecule has 3 aliphatic rings. The Morgan fingerprint density at radius 2 is 1.61 bits per heavy atom. The summed E-state index contributed by atoms with van der Waals surface area (Å²) in [6.45, 7) is 10.7. The number of carbonyl (C=O) groups excluding carboxylic acids is 2. The summed E-state index contributed by atoms with van der Waals surface area (Å²) in [5.74, 6) is 2.72. The van der Waals surface area contributed by atoms with Gasteiger partial charge in [-0.15, -0.1) is 0 Å². The average Bonchev–Trinajstić information content (AvgIpc) is 3.00. The van der Waals surface area contributed by atoms with Crippen molar-refractivity contribution in [3.05, 3.63) is 47.5 Å². The number of carbonyl (C=O) groups is 2. The van der Waals surface area contributed by atoms with Gasteiger partial charge in [-0.25, -0.2) is 0 Å². The number of benzene rings is 2. The lowest BCUT2D eigenvalue weighted by molar-refractivity contribution is -0.131. The van der Waals surface area contributed by atoms with Crippen molar-refractivity contribution in [2.45, 2.75) is 58.5 Å². The van der Waals surface area contributed by atoms with Crippen molar-refractivity contribution >= 4 is 17.5 Å². The molecule has 0 unspecified atom stereocenters. The highest BCUT2D eigenvalue weighted by atomic mass is 16.6. The predicted octanol–water partition coefficient (Wildman–Crippen LogP) is 3.63. The summed E-state index contributed by atoms with van der Waals surface area (Å²) in [6, 6.07) is 12.6. The summed E-state index contributed by atoms with van der Waals surface area (Å²) >= 11 is 0. The summed E-state index contributed by atoms with van der Waals surface area (Å²) in [4.78, 5) is 32.1. The maximum Gasteiger partial charge on any atom is 0.234 e. The smallest absolute Gasteiger partial charge is 0.234 e. The van der Waals surface area contributed by atoms with E-state index in [9.17, 15) is 9.59 Å². The minimum absolute atomic E-state index is 0.0660. The highest BCUT2D eigenvalue weighted by molar-refractivity contribution is 5.78. The van der Waals surface area contributed by atoms with Gasteiger partial charge in [0.2, 0.25) is 11.8 Å². The lowest BCUT2D eigenvalue weighted by Crippen LogP contribution is -2.48. The first-order valence-corrected chi connectivity index (χ1v) is 15.1. The van der Waals surface area contributed by atoms with Gasteiger partial charge in [0.1, 0.15) is 19.0 Å². The third-order valence-corrected chi connectivity index (χ3v) is 8.13. The van der Waals surface area contributed by atoms with Crippen LogP contribution in [0.4, 0.5) is 5.69 Å². The van der Waals surface area contributed by atoms with Crippen molar-refractivity contribution in [1.29, 1.82) is 0 Å². The topological polar surface area (TPSA) is 83.6 Å². The summed E-state index contributed by atoms with van der Waals surface area (Å²) in [6.07, 6.45) is 4.09. The molecule has 3 aliphatic heterocycles. The molecule has 1 saturated heterocycles. The Morgan fingerprint density at radius 3 is 2.41 bits per heavy atom. The highest BCUT2D eigenvalue weighted by Crippen LogP contribution is 2.34. The predicted molar refractivity (Wildman–Crippen MR) is 159 cm³/mol. The van der Waals surface area contributed by atoms with E-state index in [1.165, 1.54) is 0 Å². The normalized spacial score (nSPS) is 18.9. The van der Waals surface area contributed by atoms with Crippen LogP contribution in [0.15, 0.2) is 36.4 Å². The van der Waals surface area contributed by atoms with Gasteiger partial charge in [-0.3, -0.25) is 14.5 Å². The summed E-state index contributed by atoms with van der Waals surface area (Å²) in [7, 11) is 0. The Hall–Kier alpha value is -3.46. The van der Waals surface area contributed by atoms with E-state index in [1.54, 1.807) is 0 Å². The van der Waals surface area contributed by atoms with E-state index in [4.69, 9.17) is 14.2 Å². The maximum absolute atomic E-state index is 13.2. The first-order valence-electron chi connectivity index (χ1n) is 15.1. The van der Waals surface area contributed by atoms with Gasteiger partial charge < -0.3 is 29.3 Å². The van der Waals surface area contributed by atoms with E-state index >= 15 is 0 Å². The summed E-state index contributed by atoms with van der Waals surface area (Å²) in [5, 5.41) is 3.05. The Kier molecular flexibility index (Phi) is 9.88. The molecule has 5 rings (SSSR count). The SMILES string of the molecule is CC(C)N1CC(=O)NCCCCCOc2ccc(CCC(=O)N3CCN(c4ccc5c(c4)OCCO5)CC3)cc2C1. The van der Waals surface area contributed by atoms with E-state index in [2.05, 4.69) is 47.2 Å². The van der Waals surface area contributed by atoms with E-state index in [-0.39, 0.29) is 17.9 Å². The number of amides is 2. The molecule has 9 nitrogen and oxygen atoms in total. The van der Waals surface area contributed by atoms with Crippen LogP contribution in [0.25, 0.3) is 0 Å². The Labute approximate surface area is 243 Å². The van der Waals surface area contributed by atoms with Gasteiger partial charge in [-0.1, -0.05) is 12.1 Å². The number of aryl methyl sites for hydroxylation is 1. The number of ether oxygens (including phenoxy) is 3. The molecule has 41 heavy (non-hydrogen) atoms. The van der Waals surface area contributed by atoms with Crippen LogP contribution in [-0.4, -0.2) is 86.7 Å². The molecular formula is C32H44N4O5. The van der Waals surface area contributed by atoms with Crippen LogP contribution in [0.3, 0.4) is 0 Å². The highest BCUT2D eigenvalue weighted by Gasteiger charge is 2.23. The number of hydrogen-bond acceptors (Lipinski definition) is 7. The van der Waals surface area contributed by atoms with Gasteiger partial charge in [-0.05, 0) is 63.3 Å². The quantitative estimate of drug-likeness (QED) is 0.594. The zero-order valence-corrected chi connectivity index (χ0v) is 24.5. The number of nitrogens with one attached hydrogen (secondary N) is 1. The second-order valence-corrected chi connectivity index (χ2v) is 11.4. The fourth-order valence-electron chi connectivity index (χ4n) is 5.60. The lowest BCUT2D eigenvalue weighted by atomic mass is 10.0. The molecule has 1 N–H and O–H groups in total. The van der Waals surface area contributed by atoms with Gasteiger partial charge in [0.05, 0.1) is 13.2 Å². The van der Waals surface area contributed by atoms with Crippen LogP contribution in [0, 0.1) is 0 Å². The van der Waals surface area contributed by atoms with Crippen molar-refractivity contribution in [2.24, 2.45) is 0 Å². The molecular weight excluding hydrogens is 520 g/mol. The van der Waals surface area contributed by atoms with Crippen LogP contribution >= 0.6 is 0 Å². The minimum atomic E-state index is 0.0660. The molecule has 0 atom stereocenters. The second kappa shape index (κ2) is 13.9. The molecule has 0 bridgehead atoms. The van der Waals surface area contributed by atoms with E-state index < -0.39 is 0 Å². The minimum Gasteiger partial charge on any atom is -0.493 e. The van der Waals surface area contributed by atoms with Gasteiger partial charge in [0, 0.05) is 69.0 Å². The summed E-state index contributed by atoms with van der Waals surface area (Å²) < 4.78 is 17.6. The average molecular weight is 565 g/mol. The van der Waals surface area contributed by atoms with Crippen molar-refractivity contribution in [3.8, 4) is 17.2 Å². The van der Waals surface area contributed by atoms with E-state index in [0.29, 0.717) is 65.4 Å². The van der Waals surface area contributed by atoms with Gasteiger partial charge >= 0.3 is 0 Å². The number of hydrogen-bond donors (Lipinski definition) is 1. The molecule has 0 aliphatic carbocycles. The first kappa shape index (κ1) is 29.0. The van der Waals surface area contributed by atoms with Crippen molar-refractivity contribution in [3.63, 3.8) is 0 Å². The largest absolute Gasteiger partial charge is 0.493 e. The van der Waals surface area contributed by atoms with Crippen LogP contribution < -0.4 is 24.4 Å². The Morgan fingerprint density at radius 1 is 0.854 bits per heavy atom. The van der Waals surface area contributed by atoms with Crippen molar-refractivity contribution in [1.82, 2.24) is 15.1 Å². The standard InChI is InChI=1S/C32H44N4O5/c1-24(2)36-22-26-20-25(6-9-28(26)39-17-5-3-4-12-33-31(37)23-36)7-11-32(38)35-15-13-34(14-16-35)27-8-10-29-30(21-27)41-19-18-40-29/h6,8-10,20-21,24H,3-5,7,11-19,22-23H2,1-2H3,(H,33,37). The number of fused-ring (bicyclic) bond motifs is 2. The molecule has 2 amide bonds. The van der Waals surface area contributed by atoms with E-state index in [1.807, 2.05) is 23.1 Å². The number of nitrogens with zero attached hydrogens (tertiary/aromatic N) is 3. The number of rotatable bonds is 5. The number of piperazine rings is 1. The first-order chi connectivity index (χ1) is 20.0. The molecule has 9 heteroatoms. The van der Waals surface area contributed by atoms with Gasteiger partial charge in [0.25, 0.3) is 0 Å². The molecule has 2 aromatic rings. The van der Waals surface area contributed by atoms with Crippen LogP contribution in [-0.2, 0) is 22.6 Å². The van der Waals surface area contributed by atoms with Crippen LogP contribution in [0.1, 0.15) is 50.7 Å². The van der Waals surface area contributed by atoms with Crippen molar-refractivity contribution < 1.29 is 23.8 Å². The third kappa shape index (κ3) is 7.85. The van der Waals surface area contributed by atoms with Crippen LogP contribution in [0.2, 0.25) is 0 Å². The van der Waals surface area contributed by atoms with Gasteiger partial charge in [0.15, 0.2) is 11.5 Å². The molecule has 222 valence electrons. The monoisotopic (exact) mass is 564 g/mol. The molecule has 0 aromatic heterocycles. The molecule has 0 radical (unpaired) electrons. The maximum atomic E-state index is 13.2. The second-order valence-electron chi connectivity index (χ2n) is 11.4. The summed E-state index contributed by atoms with van der Waals surface area (Å²) in [5.41, 5.74) is 3.29. The Balaban J connectivity index is 1.18. The van der Waals surface area contributed by atoms with E-state index in [0.717, 1.165) is 66.4 Å². The molecule has 1 fully saturated rings.